The Hall–Kier alpha value is -0.810. The second kappa shape index (κ2) is 5.23. The molecule has 0 radical (unpaired) electrons. The van der Waals surface area contributed by atoms with Crippen molar-refractivity contribution < 1.29 is 13.9 Å². The third-order valence-corrected chi connectivity index (χ3v) is 2.84. The first-order valence-corrected chi connectivity index (χ1v) is 6.00. The summed E-state index contributed by atoms with van der Waals surface area (Å²) in [6.45, 7) is 5.16. The molecule has 94 valence electrons. The first-order chi connectivity index (χ1) is 7.69. The quantitative estimate of drug-likeness (QED) is 0.767. The molecule has 1 rings (SSSR count). The van der Waals surface area contributed by atoms with Crippen molar-refractivity contribution in [2.75, 3.05) is 5.32 Å². The number of hydrogen-bond acceptors (Lipinski definition) is 2. The van der Waals surface area contributed by atoms with E-state index in [1.807, 2.05) is 0 Å². The van der Waals surface area contributed by atoms with Crippen molar-refractivity contribution in [2.24, 2.45) is 0 Å². The molecule has 17 heavy (non-hydrogen) atoms. The van der Waals surface area contributed by atoms with E-state index in [2.05, 4.69) is 21.2 Å². The first-order valence-electron chi connectivity index (χ1n) is 4.83. The molecular weight excluding hydrogens is 312 g/mol. The summed E-state index contributed by atoms with van der Waals surface area (Å²) in [6, 6.07) is 2.49. The highest BCUT2D eigenvalue weighted by molar-refractivity contribution is 9.10. The third-order valence-electron chi connectivity index (χ3n) is 1.65. The fraction of sp³-hybridized carbons (Fsp3) is 0.364. The van der Waals surface area contributed by atoms with Gasteiger partial charge in [-0.05, 0) is 48.8 Å². The van der Waals surface area contributed by atoms with Gasteiger partial charge >= 0.3 is 6.09 Å². The molecule has 0 aliphatic carbocycles. The Balaban J connectivity index is 2.82. The van der Waals surface area contributed by atoms with E-state index in [-0.39, 0.29) is 5.69 Å². The number of benzene rings is 1. The Morgan fingerprint density at radius 3 is 2.59 bits per heavy atom. The lowest BCUT2D eigenvalue weighted by molar-refractivity contribution is 0.0635. The molecule has 3 nitrogen and oxygen atoms in total. The SMILES string of the molecule is CC(C)(C)OC(=O)Nc1cc(Cl)c(Br)cc1F. The summed E-state index contributed by atoms with van der Waals surface area (Å²) in [5.41, 5.74) is -0.660. The second-order valence-electron chi connectivity index (χ2n) is 4.37. The van der Waals surface area contributed by atoms with E-state index < -0.39 is 17.5 Å². The number of rotatable bonds is 1. The Kier molecular flexibility index (Phi) is 4.38. The number of hydrogen-bond donors (Lipinski definition) is 1. The number of carbonyl (C=O) groups is 1. The maximum absolute atomic E-state index is 13.5. The molecule has 1 aromatic carbocycles. The minimum atomic E-state index is -0.727. The van der Waals surface area contributed by atoms with E-state index in [4.69, 9.17) is 16.3 Å². The predicted molar refractivity (Wildman–Crippen MR) is 69.0 cm³/mol. The minimum absolute atomic E-state index is 0.0209. The van der Waals surface area contributed by atoms with Gasteiger partial charge in [0.05, 0.1) is 10.7 Å². The van der Waals surface area contributed by atoms with Gasteiger partial charge in [-0.15, -0.1) is 0 Å². The van der Waals surface area contributed by atoms with E-state index in [0.29, 0.717) is 9.50 Å². The molecular formula is C11H12BrClFNO2. The molecule has 0 saturated carbocycles. The maximum Gasteiger partial charge on any atom is 0.412 e. The van der Waals surface area contributed by atoms with Crippen LogP contribution in [0.3, 0.4) is 0 Å². The maximum atomic E-state index is 13.5. The molecule has 0 bridgehead atoms. The summed E-state index contributed by atoms with van der Waals surface area (Å²) in [5, 5.41) is 2.60. The van der Waals surface area contributed by atoms with Gasteiger partial charge in [-0.3, -0.25) is 5.32 Å². The fourth-order valence-corrected chi connectivity index (χ4v) is 1.51. The monoisotopic (exact) mass is 323 g/mol. The molecule has 0 heterocycles. The molecule has 0 aliphatic rings. The molecule has 0 spiro atoms. The van der Waals surface area contributed by atoms with Crippen LogP contribution in [0.2, 0.25) is 5.02 Å². The van der Waals surface area contributed by atoms with Gasteiger partial charge in [0.25, 0.3) is 0 Å². The standard InChI is InChI=1S/C11H12BrClFNO2/c1-11(2,3)17-10(16)15-9-5-7(13)6(12)4-8(9)14/h4-5H,1-3H3,(H,15,16). The summed E-state index contributed by atoms with van der Waals surface area (Å²) >= 11 is 8.88. The molecule has 0 unspecified atom stereocenters. The number of anilines is 1. The lowest BCUT2D eigenvalue weighted by atomic mass is 10.2. The highest BCUT2D eigenvalue weighted by Crippen LogP contribution is 2.28. The molecule has 1 N–H and O–H groups in total. The summed E-state index contributed by atoms with van der Waals surface area (Å²) in [4.78, 5) is 11.4. The Labute approximate surface area is 112 Å². The summed E-state index contributed by atoms with van der Waals surface area (Å²) in [7, 11) is 0. The van der Waals surface area contributed by atoms with Crippen molar-refractivity contribution in [3.63, 3.8) is 0 Å². The van der Waals surface area contributed by atoms with Gasteiger partial charge in [-0.2, -0.15) is 0 Å². The zero-order valence-electron chi connectivity index (χ0n) is 9.61. The average Bonchev–Trinajstić information content (AvgIpc) is 2.11. The number of halogens is 3. The number of ether oxygens (including phenoxy) is 1. The molecule has 6 heteroatoms. The van der Waals surface area contributed by atoms with E-state index in [1.54, 1.807) is 20.8 Å². The molecule has 1 amide bonds. The minimum Gasteiger partial charge on any atom is -0.444 e. The zero-order chi connectivity index (χ0) is 13.2. The van der Waals surface area contributed by atoms with Gasteiger partial charge in [0.15, 0.2) is 0 Å². The van der Waals surface area contributed by atoms with Gasteiger partial charge in [0.1, 0.15) is 11.4 Å². The topological polar surface area (TPSA) is 38.3 Å². The van der Waals surface area contributed by atoms with Crippen molar-refractivity contribution in [1.82, 2.24) is 0 Å². The van der Waals surface area contributed by atoms with Crippen LogP contribution >= 0.6 is 27.5 Å². The number of nitrogens with one attached hydrogen (secondary N) is 1. The number of carbonyl (C=O) groups excluding carboxylic acids is 1. The number of amides is 1. The fourth-order valence-electron chi connectivity index (χ4n) is 1.03. The molecule has 0 saturated heterocycles. The Morgan fingerprint density at radius 2 is 2.06 bits per heavy atom. The molecule has 0 atom stereocenters. The van der Waals surface area contributed by atoms with Crippen LogP contribution in [0.1, 0.15) is 20.8 Å². The van der Waals surface area contributed by atoms with E-state index in [0.717, 1.165) is 0 Å². The third kappa shape index (κ3) is 4.52. The first kappa shape index (κ1) is 14.3. The van der Waals surface area contributed by atoms with Gasteiger partial charge < -0.3 is 4.74 Å². The van der Waals surface area contributed by atoms with Crippen LogP contribution in [0.25, 0.3) is 0 Å². The average molecular weight is 325 g/mol. The summed E-state index contributed by atoms with van der Waals surface area (Å²) in [6.07, 6.45) is -0.727. The second-order valence-corrected chi connectivity index (χ2v) is 5.63. The van der Waals surface area contributed by atoms with E-state index in [1.165, 1.54) is 12.1 Å². The largest absolute Gasteiger partial charge is 0.444 e. The van der Waals surface area contributed by atoms with Crippen LogP contribution in [0.4, 0.5) is 14.9 Å². The van der Waals surface area contributed by atoms with Gasteiger partial charge in [-0.1, -0.05) is 11.6 Å². The van der Waals surface area contributed by atoms with Crippen molar-refractivity contribution in [3.05, 3.63) is 27.4 Å². The highest BCUT2D eigenvalue weighted by Gasteiger charge is 2.17. The van der Waals surface area contributed by atoms with Gasteiger partial charge in [0, 0.05) is 4.47 Å². The van der Waals surface area contributed by atoms with Crippen molar-refractivity contribution >= 4 is 39.3 Å². The molecule has 0 aromatic heterocycles. The molecule has 0 fully saturated rings. The van der Waals surface area contributed by atoms with Crippen LogP contribution in [-0.2, 0) is 4.74 Å². The smallest absolute Gasteiger partial charge is 0.412 e. The molecule has 1 aromatic rings. The summed E-state index contributed by atoms with van der Waals surface area (Å²) < 4.78 is 18.9. The Morgan fingerprint density at radius 1 is 1.47 bits per heavy atom. The van der Waals surface area contributed by atoms with Crippen LogP contribution in [0.15, 0.2) is 16.6 Å². The Bertz CT molecular complexity index is 446. The van der Waals surface area contributed by atoms with Crippen molar-refractivity contribution in [1.29, 1.82) is 0 Å². The van der Waals surface area contributed by atoms with E-state index >= 15 is 0 Å². The van der Waals surface area contributed by atoms with Gasteiger partial charge in [0.2, 0.25) is 0 Å². The van der Waals surface area contributed by atoms with Crippen LogP contribution < -0.4 is 5.32 Å². The predicted octanol–water partition coefficient (Wildman–Crippen LogP) is 4.59. The lowest BCUT2D eigenvalue weighted by Crippen LogP contribution is -2.27. The zero-order valence-corrected chi connectivity index (χ0v) is 11.9. The normalized spacial score (nSPS) is 11.2. The van der Waals surface area contributed by atoms with Crippen molar-refractivity contribution in [2.45, 2.75) is 26.4 Å². The summed E-state index contributed by atoms with van der Waals surface area (Å²) in [5.74, 6) is -0.591. The lowest BCUT2D eigenvalue weighted by Gasteiger charge is -2.19. The van der Waals surface area contributed by atoms with E-state index in [9.17, 15) is 9.18 Å². The van der Waals surface area contributed by atoms with Crippen LogP contribution in [0, 0.1) is 5.82 Å². The van der Waals surface area contributed by atoms with Gasteiger partial charge in [-0.25, -0.2) is 9.18 Å². The molecule has 0 aliphatic heterocycles. The van der Waals surface area contributed by atoms with Crippen molar-refractivity contribution in [3.8, 4) is 0 Å². The van der Waals surface area contributed by atoms with Crippen LogP contribution in [-0.4, -0.2) is 11.7 Å². The van der Waals surface area contributed by atoms with Crippen LogP contribution in [0.5, 0.6) is 0 Å². The highest BCUT2D eigenvalue weighted by atomic mass is 79.9.